The van der Waals surface area contributed by atoms with Gasteiger partial charge in [-0.25, -0.2) is 0 Å². The third kappa shape index (κ3) is 4.96. The number of amides is 1. The van der Waals surface area contributed by atoms with Crippen LogP contribution in [0.3, 0.4) is 0 Å². The van der Waals surface area contributed by atoms with E-state index in [1.807, 2.05) is 13.8 Å². The fourth-order valence-corrected chi connectivity index (χ4v) is 0.791. The summed E-state index contributed by atoms with van der Waals surface area (Å²) in [6, 6.07) is 0. The molecule has 0 aliphatic heterocycles. The van der Waals surface area contributed by atoms with Crippen LogP contribution in [0.25, 0.3) is 0 Å². The van der Waals surface area contributed by atoms with Gasteiger partial charge >= 0.3 is 0 Å². The molecule has 1 amide bonds. The van der Waals surface area contributed by atoms with Crippen molar-refractivity contribution in [2.45, 2.75) is 13.8 Å². The number of carbonyl (C=O) groups excluding carboxylic acids is 2. The molecule has 3 heteroatoms. The first kappa shape index (κ1) is 15.8. The van der Waals surface area contributed by atoms with Crippen LogP contribution in [0.2, 0.25) is 0 Å². The van der Waals surface area contributed by atoms with E-state index >= 15 is 0 Å². The number of hydrogen-bond donors (Lipinski definition) is 0. The van der Waals surface area contributed by atoms with Crippen molar-refractivity contribution in [3.8, 4) is 0 Å². The van der Waals surface area contributed by atoms with Gasteiger partial charge in [0.2, 0.25) is 0 Å². The van der Waals surface area contributed by atoms with Gasteiger partial charge in [0.15, 0.2) is 6.29 Å². The van der Waals surface area contributed by atoms with Gasteiger partial charge in [-0.2, -0.15) is 0 Å². The molecule has 0 N–H and O–H groups in total. The zero-order chi connectivity index (χ0) is 12.4. The summed E-state index contributed by atoms with van der Waals surface area (Å²) in [4.78, 5) is 23.3. The molecular formula is C12H19NO2. The Kier molecular flexibility index (Phi) is 9.42. The normalized spacial score (nSPS) is 10.1. The minimum absolute atomic E-state index is 0.253. The Bertz CT molecular complexity index is 265. The number of aldehydes is 1. The Hall–Kier alpha value is -1.64. The summed E-state index contributed by atoms with van der Waals surface area (Å²) in [6.07, 6.45) is 3.28. The van der Waals surface area contributed by atoms with Crippen LogP contribution < -0.4 is 0 Å². The van der Waals surface area contributed by atoms with Crippen molar-refractivity contribution < 1.29 is 9.59 Å². The molecule has 3 nitrogen and oxygen atoms in total. The van der Waals surface area contributed by atoms with Crippen molar-refractivity contribution in [1.82, 2.24) is 4.90 Å². The van der Waals surface area contributed by atoms with Gasteiger partial charge in [-0.3, -0.25) is 9.59 Å². The van der Waals surface area contributed by atoms with Crippen molar-refractivity contribution in [1.29, 1.82) is 0 Å². The predicted octanol–water partition coefficient (Wildman–Crippen LogP) is 1.97. The van der Waals surface area contributed by atoms with Crippen molar-refractivity contribution in [3.05, 3.63) is 36.5 Å². The predicted molar refractivity (Wildman–Crippen MR) is 63.5 cm³/mol. The van der Waals surface area contributed by atoms with Crippen molar-refractivity contribution in [3.63, 3.8) is 0 Å². The quantitative estimate of drug-likeness (QED) is 0.403. The number of rotatable bonds is 4. The van der Waals surface area contributed by atoms with Crippen molar-refractivity contribution in [2.24, 2.45) is 0 Å². The highest BCUT2D eigenvalue weighted by Gasteiger charge is 2.11. The molecule has 0 atom stereocenters. The van der Waals surface area contributed by atoms with Gasteiger partial charge in [0, 0.05) is 25.2 Å². The maximum absolute atomic E-state index is 11.4. The summed E-state index contributed by atoms with van der Waals surface area (Å²) < 4.78 is 0. The lowest BCUT2D eigenvalue weighted by molar-refractivity contribution is -0.124. The maximum Gasteiger partial charge on any atom is 0.254 e. The van der Waals surface area contributed by atoms with E-state index < -0.39 is 0 Å². The van der Waals surface area contributed by atoms with E-state index in [0.717, 1.165) is 0 Å². The van der Waals surface area contributed by atoms with E-state index in [0.29, 0.717) is 6.29 Å². The third-order valence-electron chi connectivity index (χ3n) is 1.50. The van der Waals surface area contributed by atoms with Crippen LogP contribution in [-0.4, -0.2) is 31.2 Å². The van der Waals surface area contributed by atoms with Gasteiger partial charge in [0.1, 0.15) is 0 Å². The number of likely N-dealkylation sites (N-methyl/N-ethyl adjacent to an activating group) is 1. The standard InChI is InChI=1S/C10H13NO2.C2H6/c1-5-8(7-12)9(6-2)10(13)11(3)4;1-2/h5-7H,1-2H2,3-4H3;1-2H3/b9-8-;. The van der Waals surface area contributed by atoms with Gasteiger partial charge in [0.05, 0.1) is 0 Å². The topological polar surface area (TPSA) is 37.4 Å². The monoisotopic (exact) mass is 209 g/mol. The highest BCUT2D eigenvalue weighted by atomic mass is 16.2. The molecule has 0 aromatic heterocycles. The van der Waals surface area contributed by atoms with Crippen LogP contribution in [-0.2, 0) is 9.59 Å². The molecule has 0 aliphatic rings. The molecule has 0 unspecified atom stereocenters. The molecule has 0 radical (unpaired) electrons. The van der Waals surface area contributed by atoms with Crippen LogP contribution in [0.5, 0.6) is 0 Å². The second-order valence-corrected chi connectivity index (χ2v) is 2.59. The molecule has 0 spiro atoms. The fourth-order valence-electron chi connectivity index (χ4n) is 0.791. The van der Waals surface area contributed by atoms with Gasteiger partial charge in [0.25, 0.3) is 5.91 Å². The molecule has 0 saturated heterocycles. The van der Waals surface area contributed by atoms with E-state index in [9.17, 15) is 9.59 Å². The highest BCUT2D eigenvalue weighted by Crippen LogP contribution is 2.07. The molecular weight excluding hydrogens is 190 g/mol. The molecule has 0 aromatic rings. The number of hydrogen-bond acceptors (Lipinski definition) is 2. The summed E-state index contributed by atoms with van der Waals surface area (Å²) in [5.74, 6) is -0.253. The Morgan fingerprint density at radius 3 is 1.80 bits per heavy atom. The Balaban J connectivity index is 0. The number of carbonyl (C=O) groups is 2. The summed E-state index contributed by atoms with van der Waals surface area (Å²) in [7, 11) is 3.22. The molecule has 0 bridgehead atoms. The molecule has 0 rings (SSSR count). The first-order valence-electron chi connectivity index (χ1n) is 4.74. The lowest BCUT2D eigenvalue weighted by Gasteiger charge is -2.11. The van der Waals surface area contributed by atoms with Gasteiger partial charge in [-0.05, 0) is 0 Å². The zero-order valence-electron chi connectivity index (χ0n) is 9.91. The lowest BCUT2D eigenvalue weighted by Crippen LogP contribution is -2.23. The molecule has 0 fully saturated rings. The Morgan fingerprint density at radius 1 is 1.13 bits per heavy atom. The molecule has 0 aromatic carbocycles. The third-order valence-corrected chi connectivity index (χ3v) is 1.50. The maximum atomic E-state index is 11.4. The van der Waals surface area contributed by atoms with Crippen molar-refractivity contribution in [2.75, 3.05) is 14.1 Å². The minimum Gasteiger partial charge on any atom is -0.345 e. The first-order chi connectivity index (χ1) is 7.08. The van der Waals surface area contributed by atoms with Crippen LogP contribution in [0, 0.1) is 0 Å². The van der Waals surface area contributed by atoms with E-state index in [1.54, 1.807) is 14.1 Å². The van der Waals surface area contributed by atoms with E-state index in [2.05, 4.69) is 13.2 Å². The summed E-state index contributed by atoms with van der Waals surface area (Å²) in [5.41, 5.74) is 0.531. The van der Waals surface area contributed by atoms with E-state index in [1.165, 1.54) is 17.1 Å². The largest absolute Gasteiger partial charge is 0.345 e. The van der Waals surface area contributed by atoms with E-state index in [-0.39, 0.29) is 17.1 Å². The lowest BCUT2D eigenvalue weighted by atomic mass is 10.1. The van der Waals surface area contributed by atoms with Crippen LogP contribution >= 0.6 is 0 Å². The molecule has 0 aliphatic carbocycles. The van der Waals surface area contributed by atoms with Gasteiger partial charge in [-0.1, -0.05) is 39.2 Å². The first-order valence-corrected chi connectivity index (χ1v) is 4.74. The zero-order valence-corrected chi connectivity index (χ0v) is 9.91. The SMILES string of the molecule is C=C/C(C=O)=C(\C=C)C(=O)N(C)C.CC. The molecule has 0 heterocycles. The fraction of sp³-hybridized carbons (Fsp3) is 0.333. The Labute approximate surface area is 91.8 Å². The summed E-state index contributed by atoms with van der Waals surface area (Å²) in [6.45, 7) is 10.9. The van der Waals surface area contributed by atoms with Gasteiger partial charge < -0.3 is 4.90 Å². The second kappa shape index (κ2) is 8.94. The number of nitrogens with zero attached hydrogens (tertiary/aromatic N) is 1. The molecule has 0 saturated carbocycles. The summed E-state index contributed by atoms with van der Waals surface area (Å²) in [5, 5.41) is 0. The number of allylic oxidation sites excluding steroid dienone is 2. The van der Waals surface area contributed by atoms with E-state index in [4.69, 9.17) is 0 Å². The smallest absolute Gasteiger partial charge is 0.254 e. The Morgan fingerprint density at radius 2 is 1.60 bits per heavy atom. The van der Waals surface area contributed by atoms with Crippen LogP contribution in [0.4, 0.5) is 0 Å². The van der Waals surface area contributed by atoms with Crippen LogP contribution in [0.1, 0.15) is 13.8 Å². The van der Waals surface area contributed by atoms with Gasteiger partial charge in [-0.15, -0.1) is 0 Å². The van der Waals surface area contributed by atoms with Crippen molar-refractivity contribution >= 4 is 12.2 Å². The average molecular weight is 209 g/mol. The summed E-state index contributed by atoms with van der Waals surface area (Å²) >= 11 is 0. The highest BCUT2D eigenvalue weighted by molar-refractivity contribution is 6.02. The average Bonchev–Trinajstić information content (AvgIpc) is 2.27. The van der Waals surface area contributed by atoms with Crippen LogP contribution in [0.15, 0.2) is 36.5 Å². The second-order valence-electron chi connectivity index (χ2n) is 2.59. The minimum atomic E-state index is -0.253. The molecule has 15 heavy (non-hydrogen) atoms. The molecule has 84 valence electrons.